The quantitative estimate of drug-likeness (QED) is 0.145. The fourth-order valence-corrected chi connectivity index (χ4v) is 6.40. The number of halogens is 3. The van der Waals surface area contributed by atoms with Crippen molar-refractivity contribution in [1.29, 1.82) is 0 Å². The van der Waals surface area contributed by atoms with Gasteiger partial charge in [0.05, 0.1) is 33.3 Å². The summed E-state index contributed by atoms with van der Waals surface area (Å²) in [5.74, 6) is 0.582. The van der Waals surface area contributed by atoms with Crippen LogP contribution in [0.4, 0.5) is 18.9 Å². The molecule has 1 N–H and O–H groups in total. The number of fused-ring (bicyclic) bond motifs is 1. The third-order valence-electron chi connectivity index (χ3n) is 7.98. The molecule has 1 saturated heterocycles. The van der Waals surface area contributed by atoms with Gasteiger partial charge < -0.3 is 23.9 Å². The zero-order valence-electron chi connectivity index (χ0n) is 25.0. The first-order chi connectivity index (χ1) is 21.5. The Labute approximate surface area is 263 Å². The largest absolute Gasteiger partial charge is 0.493 e. The van der Waals surface area contributed by atoms with Crippen LogP contribution in [-0.2, 0) is 28.1 Å². The van der Waals surface area contributed by atoms with Crippen LogP contribution in [0.3, 0.4) is 0 Å². The molecule has 45 heavy (non-hydrogen) atoms. The number of nitrogens with zero attached hydrogens (tertiary/aromatic N) is 3. The highest BCUT2D eigenvalue weighted by Gasteiger charge is 2.57. The minimum absolute atomic E-state index is 0.0956. The molecule has 1 aliphatic rings. The van der Waals surface area contributed by atoms with Gasteiger partial charge in [-0.3, -0.25) is 9.69 Å². The first-order valence-corrected chi connectivity index (χ1v) is 15.5. The molecule has 2 aromatic heterocycles. The molecular weight excluding hydrogens is 607 g/mol. The molecule has 0 radical (unpaired) electrons. The number of ether oxygens (including phenoxy) is 3. The van der Waals surface area contributed by atoms with Gasteiger partial charge in [-0.15, -0.1) is 11.3 Å². The van der Waals surface area contributed by atoms with E-state index in [1.165, 1.54) is 36.8 Å². The topological polar surface area (TPSA) is 77.5 Å². The lowest BCUT2D eigenvalue weighted by Crippen LogP contribution is -2.53. The van der Waals surface area contributed by atoms with Gasteiger partial charge in [-0.05, 0) is 55.0 Å². The first kappa shape index (κ1) is 32.3. The van der Waals surface area contributed by atoms with E-state index in [4.69, 9.17) is 20.8 Å². The van der Waals surface area contributed by atoms with Gasteiger partial charge >= 0.3 is 12.1 Å². The van der Waals surface area contributed by atoms with Crippen LogP contribution in [0.15, 0.2) is 60.1 Å². The Balaban J connectivity index is 1.32. The fraction of sp³-hybridized carbons (Fsp3) is 0.394. The van der Waals surface area contributed by atoms with Gasteiger partial charge in [0.2, 0.25) is 5.60 Å². The number of hydrogen-bond donors (Lipinski definition) is 1. The first-order valence-electron chi connectivity index (χ1n) is 14.6. The molecule has 0 spiro atoms. The second kappa shape index (κ2) is 13.5. The number of benzene rings is 2. The van der Waals surface area contributed by atoms with Crippen LogP contribution in [0, 0.1) is 6.57 Å². The number of aliphatic hydroxyl groups is 1. The number of methoxy groups -OCH3 is 1. The number of aromatic nitrogens is 1. The minimum atomic E-state index is -4.96. The number of piperidine rings is 1. The summed E-state index contributed by atoms with van der Waals surface area (Å²) in [6, 6.07) is 13.5. The summed E-state index contributed by atoms with van der Waals surface area (Å²) in [5.41, 5.74) is -1.89. The monoisotopic (exact) mass is 641 g/mol. The van der Waals surface area contributed by atoms with Gasteiger partial charge in [0, 0.05) is 47.2 Å². The van der Waals surface area contributed by atoms with Crippen molar-refractivity contribution >= 4 is 33.9 Å². The van der Waals surface area contributed by atoms with Crippen LogP contribution < -0.4 is 9.47 Å². The van der Waals surface area contributed by atoms with E-state index in [1.807, 2.05) is 17.5 Å². The van der Waals surface area contributed by atoms with Crippen molar-refractivity contribution in [1.82, 2.24) is 9.47 Å². The molecule has 3 heterocycles. The number of esters is 1. The second-order valence-electron chi connectivity index (χ2n) is 11.0. The number of thiophene rings is 1. The molecule has 0 amide bonds. The van der Waals surface area contributed by atoms with Gasteiger partial charge in [-0.1, -0.05) is 24.3 Å². The molecule has 1 unspecified atom stereocenters. The van der Waals surface area contributed by atoms with Crippen molar-refractivity contribution in [2.24, 2.45) is 0 Å². The van der Waals surface area contributed by atoms with E-state index in [2.05, 4.69) is 4.85 Å². The Morgan fingerprint density at radius 1 is 1.13 bits per heavy atom. The molecule has 1 atom stereocenters. The van der Waals surface area contributed by atoms with E-state index in [0.29, 0.717) is 54.3 Å². The molecule has 0 aliphatic carbocycles. The van der Waals surface area contributed by atoms with Crippen molar-refractivity contribution in [3.8, 4) is 11.5 Å². The van der Waals surface area contributed by atoms with Crippen LogP contribution in [-0.4, -0.2) is 66.2 Å². The van der Waals surface area contributed by atoms with Crippen LogP contribution >= 0.6 is 11.3 Å². The van der Waals surface area contributed by atoms with E-state index >= 15 is 0 Å². The number of likely N-dealkylation sites (tertiary alicyclic amines) is 1. The standard InChI is InChI=1S/C33H34F3N3O5S/c1-4-43-31(40)17-22-7-10-29(30(16-22)42-3)44-24-11-13-38(14-12-24)21-32(41,33(34,35)36)27-20-39(19-25-6-5-15-45-25)28-18-23(37-2)8-9-26(27)28/h5-10,15-16,18,20,24,41H,4,11-14,17,19,21H2,1,3H3. The third kappa shape index (κ3) is 7.11. The highest BCUT2D eigenvalue weighted by molar-refractivity contribution is 7.09. The van der Waals surface area contributed by atoms with Gasteiger partial charge in [0.25, 0.3) is 0 Å². The molecule has 0 bridgehead atoms. The van der Waals surface area contributed by atoms with E-state index in [0.717, 1.165) is 4.88 Å². The highest BCUT2D eigenvalue weighted by Crippen LogP contribution is 2.44. The predicted molar refractivity (Wildman–Crippen MR) is 165 cm³/mol. The van der Waals surface area contributed by atoms with Gasteiger partial charge in [-0.25, -0.2) is 4.85 Å². The summed E-state index contributed by atoms with van der Waals surface area (Å²) in [5, 5.41) is 13.7. The van der Waals surface area contributed by atoms with Gasteiger partial charge in [-0.2, -0.15) is 13.2 Å². The lowest BCUT2D eigenvalue weighted by atomic mass is 9.91. The van der Waals surface area contributed by atoms with Crippen molar-refractivity contribution in [2.75, 3.05) is 33.4 Å². The number of rotatable bonds is 11. The average molecular weight is 642 g/mol. The Hall–Kier alpha value is -4.05. The molecule has 238 valence electrons. The molecule has 4 aromatic rings. The SMILES string of the molecule is [C-]#[N+]c1ccc2c(C(O)(CN3CCC(Oc4ccc(CC(=O)OCC)cc4OC)CC3)C(F)(F)F)cn(Cc3cccs3)c2c1. The van der Waals surface area contributed by atoms with Crippen LogP contribution in [0.25, 0.3) is 15.7 Å². The summed E-state index contributed by atoms with van der Waals surface area (Å²) in [6.45, 7) is 9.66. The molecule has 8 nitrogen and oxygen atoms in total. The summed E-state index contributed by atoms with van der Waals surface area (Å²) < 4.78 is 62.7. The van der Waals surface area contributed by atoms with Gasteiger partial charge in [0.15, 0.2) is 17.2 Å². The van der Waals surface area contributed by atoms with Crippen molar-refractivity contribution < 1.29 is 37.3 Å². The smallest absolute Gasteiger partial charge is 0.422 e. The average Bonchev–Trinajstić information content (AvgIpc) is 3.66. The third-order valence-corrected chi connectivity index (χ3v) is 8.84. The van der Waals surface area contributed by atoms with E-state index < -0.39 is 18.3 Å². The summed E-state index contributed by atoms with van der Waals surface area (Å²) in [7, 11) is 1.50. The van der Waals surface area contributed by atoms with Crippen molar-refractivity contribution in [3.05, 3.63) is 87.5 Å². The molecule has 1 fully saturated rings. The Morgan fingerprint density at radius 3 is 2.56 bits per heavy atom. The highest BCUT2D eigenvalue weighted by atomic mass is 32.1. The zero-order valence-corrected chi connectivity index (χ0v) is 25.8. The maximum Gasteiger partial charge on any atom is 0.422 e. The number of hydrogen-bond acceptors (Lipinski definition) is 7. The number of alkyl halides is 3. The molecule has 0 saturated carbocycles. The maximum atomic E-state index is 14.8. The van der Waals surface area contributed by atoms with E-state index in [1.54, 1.807) is 40.7 Å². The predicted octanol–water partition coefficient (Wildman–Crippen LogP) is 6.71. The molecule has 5 rings (SSSR count). The van der Waals surface area contributed by atoms with E-state index in [9.17, 15) is 23.1 Å². The van der Waals surface area contributed by atoms with Crippen LogP contribution in [0.1, 0.15) is 35.8 Å². The summed E-state index contributed by atoms with van der Waals surface area (Å²) in [6.07, 6.45) is -2.88. The molecule has 1 aliphatic heterocycles. The Morgan fingerprint density at radius 2 is 1.91 bits per heavy atom. The fourth-order valence-electron chi connectivity index (χ4n) is 5.69. The Kier molecular flexibility index (Phi) is 9.72. The molecule has 12 heteroatoms. The normalized spacial score (nSPS) is 15.8. The summed E-state index contributed by atoms with van der Waals surface area (Å²) >= 11 is 1.48. The van der Waals surface area contributed by atoms with Crippen molar-refractivity contribution in [2.45, 2.75) is 50.6 Å². The lowest BCUT2D eigenvalue weighted by Gasteiger charge is -2.39. The van der Waals surface area contributed by atoms with Crippen LogP contribution in [0.5, 0.6) is 11.5 Å². The summed E-state index contributed by atoms with van der Waals surface area (Å²) in [4.78, 5) is 17.9. The van der Waals surface area contributed by atoms with Gasteiger partial charge in [0.1, 0.15) is 6.10 Å². The number of carbonyl (C=O) groups excluding carboxylic acids is 1. The number of carbonyl (C=O) groups is 1. The Bertz CT molecular complexity index is 1670. The lowest BCUT2D eigenvalue weighted by molar-refractivity contribution is -0.272. The molecule has 2 aromatic carbocycles. The molecular formula is C33H34F3N3O5S. The minimum Gasteiger partial charge on any atom is -0.493 e. The second-order valence-corrected chi connectivity index (χ2v) is 12.0. The van der Waals surface area contributed by atoms with Crippen molar-refractivity contribution in [3.63, 3.8) is 0 Å². The van der Waals surface area contributed by atoms with Crippen LogP contribution in [0.2, 0.25) is 0 Å². The maximum absolute atomic E-state index is 14.8. The zero-order chi connectivity index (χ0) is 32.2. The number of β-amino-alcohol motifs (C(OH)–C–C–N with tert-alkyl or cyclic N) is 1. The van der Waals surface area contributed by atoms with E-state index in [-0.39, 0.29) is 42.5 Å².